The van der Waals surface area contributed by atoms with Gasteiger partial charge < -0.3 is 9.30 Å². The highest BCUT2D eigenvalue weighted by molar-refractivity contribution is 5.14. The van der Waals surface area contributed by atoms with E-state index in [1.807, 2.05) is 36.9 Å². The van der Waals surface area contributed by atoms with Crippen LogP contribution in [-0.4, -0.2) is 37.4 Å². The molecule has 0 aromatic carbocycles. The largest absolute Gasteiger partial charge is 0.478 e. The standard InChI is InChI=1S/C20H25N5O/c1-16-12-19(23(2)22-16)15-24-13-17-6-5-10-25(17)18(14-24)8-11-26-20-7-3-4-9-21-20/h3-7,9-10,12,18H,8,11,13-15H2,1-2H3/t18-/m1/s1. The van der Waals surface area contributed by atoms with Crippen LogP contribution in [0.1, 0.15) is 29.5 Å². The fourth-order valence-corrected chi connectivity index (χ4v) is 3.72. The van der Waals surface area contributed by atoms with Crippen LogP contribution in [0.4, 0.5) is 0 Å². The van der Waals surface area contributed by atoms with Gasteiger partial charge in [0.1, 0.15) is 0 Å². The molecule has 26 heavy (non-hydrogen) atoms. The van der Waals surface area contributed by atoms with Gasteiger partial charge in [-0.1, -0.05) is 6.07 Å². The molecule has 0 spiro atoms. The molecule has 0 N–H and O–H groups in total. The van der Waals surface area contributed by atoms with E-state index in [1.165, 1.54) is 11.4 Å². The fraction of sp³-hybridized carbons (Fsp3) is 0.400. The van der Waals surface area contributed by atoms with Crippen LogP contribution in [-0.2, 0) is 20.1 Å². The third-order valence-corrected chi connectivity index (χ3v) is 4.94. The van der Waals surface area contributed by atoms with Gasteiger partial charge in [0.15, 0.2) is 0 Å². The van der Waals surface area contributed by atoms with Gasteiger partial charge in [0.25, 0.3) is 0 Å². The molecule has 0 amide bonds. The lowest BCUT2D eigenvalue weighted by Gasteiger charge is -2.35. The maximum absolute atomic E-state index is 5.82. The van der Waals surface area contributed by atoms with E-state index in [0.717, 1.165) is 31.7 Å². The molecule has 0 saturated carbocycles. The minimum absolute atomic E-state index is 0.409. The Balaban J connectivity index is 1.42. The predicted octanol–water partition coefficient (Wildman–Crippen LogP) is 2.95. The second-order valence-electron chi connectivity index (χ2n) is 6.94. The number of ether oxygens (including phenoxy) is 1. The average molecular weight is 351 g/mol. The highest BCUT2D eigenvalue weighted by Crippen LogP contribution is 2.26. The molecule has 6 heteroatoms. The first-order valence-electron chi connectivity index (χ1n) is 9.10. The van der Waals surface area contributed by atoms with Crippen LogP contribution in [0.15, 0.2) is 48.8 Å². The second kappa shape index (κ2) is 7.33. The van der Waals surface area contributed by atoms with Crippen molar-refractivity contribution in [3.8, 4) is 5.88 Å². The molecule has 4 rings (SSSR count). The zero-order chi connectivity index (χ0) is 17.9. The highest BCUT2D eigenvalue weighted by Gasteiger charge is 2.25. The van der Waals surface area contributed by atoms with Crippen molar-refractivity contribution in [2.24, 2.45) is 7.05 Å². The van der Waals surface area contributed by atoms with Gasteiger partial charge in [0.2, 0.25) is 5.88 Å². The summed E-state index contributed by atoms with van der Waals surface area (Å²) in [5, 5.41) is 4.47. The molecule has 1 aliphatic heterocycles. The molecule has 3 aromatic rings. The van der Waals surface area contributed by atoms with Crippen molar-refractivity contribution < 1.29 is 4.74 Å². The van der Waals surface area contributed by atoms with E-state index < -0.39 is 0 Å². The van der Waals surface area contributed by atoms with Crippen LogP contribution in [0.25, 0.3) is 0 Å². The Hall–Kier alpha value is -2.60. The lowest BCUT2D eigenvalue weighted by molar-refractivity contribution is 0.153. The molecule has 6 nitrogen and oxygen atoms in total. The van der Waals surface area contributed by atoms with Crippen LogP contribution in [0.2, 0.25) is 0 Å². The fourth-order valence-electron chi connectivity index (χ4n) is 3.72. The molecule has 1 atom stereocenters. The maximum Gasteiger partial charge on any atom is 0.213 e. The van der Waals surface area contributed by atoms with E-state index in [0.29, 0.717) is 18.5 Å². The number of fused-ring (bicyclic) bond motifs is 1. The summed E-state index contributed by atoms with van der Waals surface area (Å²) in [6, 6.07) is 12.7. The Bertz CT molecular complexity index is 854. The molecular weight excluding hydrogens is 326 g/mol. The van der Waals surface area contributed by atoms with Gasteiger partial charge in [0, 0.05) is 63.3 Å². The number of pyridine rings is 1. The number of hydrogen-bond donors (Lipinski definition) is 0. The maximum atomic E-state index is 5.82. The summed E-state index contributed by atoms with van der Waals surface area (Å²) in [6.45, 7) is 5.60. The number of hydrogen-bond acceptors (Lipinski definition) is 4. The molecule has 136 valence electrons. The molecule has 0 unspecified atom stereocenters. The topological polar surface area (TPSA) is 48.1 Å². The van der Waals surface area contributed by atoms with E-state index in [-0.39, 0.29) is 0 Å². The van der Waals surface area contributed by atoms with Crippen LogP contribution in [0.3, 0.4) is 0 Å². The summed E-state index contributed by atoms with van der Waals surface area (Å²) in [7, 11) is 2.02. The third-order valence-electron chi connectivity index (χ3n) is 4.94. The van der Waals surface area contributed by atoms with Crippen molar-refractivity contribution in [2.45, 2.75) is 32.5 Å². The summed E-state index contributed by atoms with van der Waals surface area (Å²) in [6.07, 6.45) is 4.91. The Kier molecular flexibility index (Phi) is 4.75. The summed E-state index contributed by atoms with van der Waals surface area (Å²) >= 11 is 0. The zero-order valence-electron chi connectivity index (χ0n) is 15.4. The van der Waals surface area contributed by atoms with Crippen LogP contribution in [0.5, 0.6) is 5.88 Å². The van der Waals surface area contributed by atoms with Crippen molar-refractivity contribution in [1.82, 2.24) is 24.2 Å². The molecule has 0 saturated heterocycles. The normalized spacial score (nSPS) is 17.2. The Labute approximate surface area is 154 Å². The van der Waals surface area contributed by atoms with E-state index in [4.69, 9.17) is 4.74 Å². The molecule has 0 bridgehead atoms. The molecule has 3 aromatic heterocycles. The van der Waals surface area contributed by atoms with Crippen LogP contribution >= 0.6 is 0 Å². The first kappa shape index (κ1) is 16.8. The first-order valence-corrected chi connectivity index (χ1v) is 9.10. The second-order valence-corrected chi connectivity index (χ2v) is 6.94. The highest BCUT2D eigenvalue weighted by atomic mass is 16.5. The van der Waals surface area contributed by atoms with Crippen LogP contribution in [0, 0.1) is 6.92 Å². The van der Waals surface area contributed by atoms with Gasteiger partial charge in [0.05, 0.1) is 18.0 Å². The number of rotatable bonds is 6. The first-order chi connectivity index (χ1) is 12.7. The quantitative estimate of drug-likeness (QED) is 0.685. The minimum Gasteiger partial charge on any atom is -0.478 e. The van der Waals surface area contributed by atoms with Gasteiger partial charge in [-0.25, -0.2) is 4.98 Å². The molecule has 4 heterocycles. The Morgan fingerprint density at radius 1 is 1.23 bits per heavy atom. The lowest BCUT2D eigenvalue weighted by Crippen LogP contribution is -2.37. The van der Waals surface area contributed by atoms with Gasteiger partial charge in [-0.2, -0.15) is 5.10 Å². The third kappa shape index (κ3) is 3.65. The zero-order valence-corrected chi connectivity index (χ0v) is 15.4. The van der Waals surface area contributed by atoms with Gasteiger partial charge in [-0.15, -0.1) is 0 Å². The molecular formula is C20H25N5O. The van der Waals surface area contributed by atoms with Crippen molar-refractivity contribution in [1.29, 1.82) is 0 Å². The number of aryl methyl sites for hydroxylation is 2. The average Bonchev–Trinajstić information content (AvgIpc) is 3.22. The van der Waals surface area contributed by atoms with E-state index in [2.05, 4.69) is 43.9 Å². The van der Waals surface area contributed by atoms with Crippen molar-refractivity contribution >= 4 is 0 Å². The number of aromatic nitrogens is 4. The molecule has 0 fully saturated rings. The van der Waals surface area contributed by atoms with Crippen molar-refractivity contribution in [2.75, 3.05) is 13.2 Å². The minimum atomic E-state index is 0.409. The van der Waals surface area contributed by atoms with E-state index >= 15 is 0 Å². The van der Waals surface area contributed by atoms with Gasteiger partial charge >= 0.3 is 0 Å². The molecule has 0 aliphatic carbocycles. The molecule has 0 radical (unpaired) electrons. The summed E-state index contributed by atoms with van der Waals surface area (Å²) in [5.41, 5.74) is 3.69. The van der Waals surface area contributed by atoms with Crippen LogP contribution < -0.4 is 4.74 Å². The smallest absolute Gasteiger partial charge is 0.213 e. The summed E-state index contributed by atoms with van der Waals surface area (Å²) in [4.78, 5) is 6.73. The Morgan fingerprint density at radius 3 is 2.92 bits per heavy atom. The SMILES string of the molecule is Cc1cc(CN2Cc3cccn3[C@H](CCOc3ccccn3)C2)n(C)n1. The van der Waals surface area contributed by atoms with Crippen molar-refractivity contribution in [3.63, 3.8) is 0 Å². The van der Waals surface area contributed by atoms with E-state index in [1.54, 1.807) is 6.20 Å². The summed E-state index contributed by atoms with van der Waals surface area (Å²) < 4.78 is 10.2. The van der Waals surface area contributed by atoms with Crippen molar-refractivity contribution in [3.05, 3.63) is 65.9 Å². The monoisotopic (exact) mass is 351 g/mol. The molecule has 1 aliphatic rings. The number of nitrogens with zero attached hydrogens (tertiary/aromatic N) is 5. The van der Waals surface area contributed by atoms with Gasteiger partial charge in [-0.05, 0) is 31.2 Å². The predicted molar refractivity (Wildman–Crippen MR) is 99.9 cm³/mol. The van der Waals surface area contributed by atoms with Gasteiger partial charge in [-0.3, -0.25) is 9.58 Å². The Morgan fingerprint density at radius 2 is 2.15 bits per heavy atom. The lowest BCUT2D eigenvalue weighted by atomic mass is 10.1. The van der Waals surface area contributed by atoms with E-state index in [9.17, 15) is 0 Å². The summed E-state index contributed by atoms with van der Waals surface area (Å²) in [5.74, 6) is 0.693.